The predicted octanol–water partition coefficient (Wildman–Crippen LogP) is 4.09. The van der Waals surface area contributed by atoms with Gasteiger partial charge in [0.1, 0.15) is 11.8 Å². The zero-order valence-electron chi connectivity index (χ0n) is 15.1. The number of fused-ring (bicyclic) bond motifs is 1. The third-order valence-corrected chi connectivity index (χ3v) is 5.23. The van der Waals surface area contributed by atoms with Crippen molar-refractivity contribution in [2.24, 2.45) is 0 Å². The summed E-state index contributed by atoms with van der Waals surface area (Å²) in [5, 5.41) is 6.74. The van der Waals surface area contributed by atoms with E-state index in [0.717, 1.165) is 15.8 Å². The minimum absolute atomic E-state index is 0.110. The molecule has 2 aromatic heterocycles. The monoisotopic (exact) mass is 391 g/mol. The molecule has 2 heterocycles. The van der Waals surface area contributed by atoms with Crippen LogP contribution in [0.2, 0.25) is 0 Å². The number of thiazole rings is 1. The molecule has 0 aliphatic heterocycles. The second-order valence-electron chi connectivity index (χ2n) is 6.18. The third-order valence-electron chi connectivity index (χ3n) is 4.32. The van der Waals surface area contributed by atoms with Gasteiger partial charge in [-0.15, -0.1) is 11.3 Å². The molecule has 0 aliphatic rings. The Hall–Kier alpha value is -3.45. The maximum atomic E-state index is 12.5. The van der Waals surface area contributed by atoms with Crippen molar-refractivity contribution in [3.8, 4) is 0 Å². The van der Waals surface area contributed by atoms with Crippen LogP contribution in [-0.4, -0.2) is 23.8 Å². The van der Waals surface area contributed by atoms with Gasteiger partial charge in [0.15, 0.2) is 5.13 Å². The number of hydrogen-bond donors (Lipinski definition) is 2. The van der Waals surface area contributed by atoms with Crippen molar-refractivity contribution in [2.75, 3.05) is 12.4 Å². The van der Waals surface area contributed by atoms with E-state index in [1.165, 1.54) is 17.6 Å². The van der Waals surface area contributed by atoms with E-state index in [4.69, 9.17) is 4.42 Å². The lowest BCUT2D eigenvalue weighted by molar-refractivity contribution is 0.0962. The summed E-state index contributed by atoms with van der Waals surface area (Å²) in [6.07, 6.45) is 3.89. The number of carbonyl (C=O) groups is 2. The molecule has 7 heteroatoms. The first-order chi connectivity index (χ1) is 13.6. The molecule has 0 fully saturated rings. The van der Waals surface area contributed by atoms with E-state index in [-0.39, 0.29) is 11.8 Å². The molecule has 28 heavy (non-hydrogen) atoms. The standard InChI is InChI=1S/C21H17N3O3S/c1-22-19(25)14-8-6-13(7-9-14)10-15-11-23-21(28-15)24-20(26)17-12-27-18-5-3-2-4-16(17)18/h2-9,11-12H,10H2,1H3,(H,22,25)(H,23,24,26). The van der Waals surface area contributed by atoms with Gasteiger partial charge in [0.2, 0.25) is 0 Å². The van der Waals surface area contributed by atoms with Crippen LogP contribution in [0.1, 0.15) is 31.2 Å². The number of aromatic nitrogens is 1. The second-order valence-corrected chi connectivity index (χ2v) is 7.30. The van der Waals surface area contributed by atoms with E-state index in [0.29, 0.717) is 28.3 Å². The molecule has 0 aliphatic carbocycles. The van der Waals surface area contributed by atoms with E-state index in [9.17, 15) is 9.59 Å². The Balaban J connectivity index is 1.44. The average molecular weight is 391 g/mol. The summed E-state index contributed by atoms with van der Waals surface area (Å²) in [6, 6.07) is 14.8. The lowest BCUT2D eigenvalue weighted by Gasteiger charge is -2.02. The topological polar surface area (TPSA) is 84.2 Å². The fourth-order valence-corrected chi connectivity index (χ4v) is 3.73. The lowest BCUT2D eigenvalue weighted by atomic mass is 10.1. The largest absolute Gasteiger partial charge is 0.463 e. The van der Waals surface area contributed by atoms with Gasteiger partial charge in [0, 0.05) is 35.5 Å². The van der Waals surface area contributed by atoms with Crippen molar-refractivity contribution in [2.45, 2.75) is 6.42 Å². The summed E-state index contributed by atoms with van der Waals surface area (Å²) in [6.45, 7) is 0. The number of benzene rings is 2. The van der Waals surface area contributed by atoms with Crippen LogP contribution >= 0.6 is 11.3 Å². The molecule has 2 N–H and O–H groups in total. The molecule has 0 atom stereocenters. The first kappa shape index (κ1) is 17.9. The lowest BCUT2D eigenvalue weighted by Crippen LogP contribution is -2.17. The second kappa shape index (κ2) is 7.66. The fraction of sp³-hybridized carbons (Fsp3) is 0.0952. The molecule has 4 aromatic rings. The maximum Gasteiger partial charge on any atom is 0.261 e. The van der Waals surface area contributed by atoms with Gasteiger partial charge in [0.25, 0.3) is 11.8 Å². The van der Waals surface area contributed by atoms with Crippen LogP contribution in [0.4, 0.5) is 5.13 Å². The van der Waals surface area contributed by atoms with Crippen LogP contribution in [0.5, 0.6) is 0 Å². The number of anilines is 1. The summed E-state index contributed by atoms with van der Waals surface area (Å²) >= 11 is 1.42. The zero-order chi connectivity index (χ0) is 19.5. The van der Waals surface area contributed by atoms with Crippen LogP contribution in [0.15, 0.2) is 65.4 Å². The van der Waals surface area contributed by atoms with E-state index >= 15 is 0 Å². The molecule has 2 aromatic carbocycles. The predicted molar refractivity (Wildman–Crippen MR) is 109 cm³/mol. The Morgan fingerprint density at radius 2 is 1.86 bits per heavy atom. The van der Waals surface area contributed by atoms with Crippen LogP contribution in [0.25, 0.3) is 11.0 Å². The molecule has 2 amide bonds. The summed E-state index contributed by atoms with van der Waals surface area (Å²) in [5.74, 6) is -0.359. The van der Waals surface area contributed by atoms with E-state index in [2.05, 4.69) is 15.6 Å². The summed E-state index contributed by atoms with van der Waals surface area (Å²) in [4.78, 5) is 29.5. The molecule has 140 valence electrons. The van der Waals surface area contributed by atoms with Gasteiger partial charge in [-0.25, -0.2) is 4.98 Å². The van der Waals surface area contributed by atoms with Crippen molar-refractivity contribution >= 4 is 39.3 Å². The number of nitrogens with zero attached hydrogens (tertiary/aromatic N) is 1. The van der Waals surface area contributed by atoms with Gasteiger partial charge in [-0.3, -0.25) is 14.9 Å². The average Bonchev–Trinajstić information content (AvgIpc) is 3.34. The van der Waals surface area contributed by atoms with Crippen LogP contribution in [0.3, 0.4) is 0 Å². The Labute approximate surface area is 165 Å². The minimum Gasteiger partial charge on any atom is -0.463 e. The first-order valence-electron chi connectivity index (χ1n) is 8.67. The Kier molecular flexibility index (Phi) is 4.90. The molecule has 0 bridgehead atoms. The van der Waals surface area contributed by atoms with Gasteiger partial charge < -0.3 is 9.73 Å². The number of para-hydroxylation sites is 1. The maximum absolute atomic E-state index is 12.5. The van der Waals surface area contributed by atoms with Crippen molar-refractivity contribution in [3.63, 3.8) is 0 Å². The summed E-state index contributed by atoms with van der Waals surface area (Å²) < 4.78 is 5.42. The molecule has 4 rings (SSSR count). The highest BCUT2D eigenvalue weighted by atomic mass is 32.1. The number of carbonyl (C=O) groups excluding carboxylic acids is 2. The van der Waals surface area contributed by atoms with Gasteiger partial charge in [-0.2, -0.15) is 0 Å². The normalized spacial score (nSPS) is 10.8. The van der Waals surface area contributed by atoms with Crippen molar-refractivity contribution in [1.82, 2.24) is 10.3 Å². The SMILES string of the molecule is CNC(=O)c1ccc(Cc2cnc(NC(=O)c3coc4ccccc34)s2)cc1. The highest BCUT2D eigenvalue weighted by Crippen LogP contribution is 2.25. The number of nitrogens with one attached hydrogen (secondary N) is 2. The molecule has 0 saturated heterocycles. The highest BCUT2D eigenvalue weighted by molar-refractivity contribution is 7.15. The van der Waals surface area contributed by atoms with E-state index in [1.54, 1.807) is 25.4 Å². The van der Waals surface area contributed by atoms with Crippen LogP contribution in [0, 0.1) is 0 Å². The van der Waals surface area contributed by atoms with Gasteiger partial charge in [-0.1, -0.05) is 30.3 Å². The Bertz CT molecular complexity index is 1150. The third kappa shape index (κ3) is 3.65. The van der Waals surface area contributed by atoms with Crippen LogP contribution in [-0.2, 0) is 6.42 Å². The Morgan fingerprint density at radius 3 is 2.64 bits per heavy atom. The number of rotatable bonds is 5. The quantitative estimate of drug-likeness (QED) is 0.537. The number of hydrogen-bond acceptors (Lipinski definition) is 5. The Morgan fingerprint density at radius 1 is 1.07 bits per heavy atom. The zero-order valence-corrected chi connectivity index (χ0v) is 15.9. The van der Waals surface area contributed by atoms with Crippen molar-refractivity contribution in [3.05, 3.63) is 82.6 Å². The highest BCUT2D eigenvalue weighted by Gasteiger charge is 2.15. The molecule has 6 nitrogen and oxygen atoms in total. The molecule has 0 spiro atoms. The van der Waals surface area contributed by atoms with E-state index in [1.807, 2.05) is 36.4 Å². The van der Waals surface area contributed by atoms with Crippen LogP contribution < -0.4 is 10.6 Å². The molecule has 0 unspecified atom stereocenters. The van der Waals surface area contributed by atoms with Crippen molar-refractivity contribution < 1.29 is 14.0 Å². The molecule has 0 saturated carbocycles. The smallest absolute Gasteiger partial charge is 0.261 e. The number of furan rings is 1. The minimum atomic E-state index is -0.249. The van der Waals surface area contributed by atoms with Gasteiger partial charge >= 0.3 is 0 Å². The first-order valence-corrected chi connectivity index (χ1v) is 9.49. The fourth-order valence-electron chi connectivity index (χ4n) is 2.88. The summed E-state index contributed by atoms with van der Waals surface area (Å²) in [5.41, 5.74) is 2.84. The molecule has 0 radical (unpaired) electrons. The number of amides is 2. The van der Waals surface area contributed by atoms with Crippen molar-refractivity contribution in [1.29, 1.82) is 0 Å². The van der Waals surface area contributed by atoms with E-state index < -0.39 is 0 Å². The molecular formula is C21H17N3O3S. The molecular weight excluding hydrogens is 374 g/mol. The van der Waals surface area contributed by atoms with Gasteiger partial charge in [0.05, 0.1) is 5.56 Å². The van der Waals surface area contributed by atoms with Gasteiger partial charge in [-0.05, 0) is 23.8 Å². The summed E-state index contributed by atoms with van der Waals surface area (Å²) in [7, 11) is 1.61.